The van der Waals surface area contributed by atoms with Gasteiger partial charge in [-0.25, -0.2) is 4.98 Å². The Morgan fingerprint density at radius 2 is 2.11 bits per heavy atom. The van der Waals surface area contributed by atoms with Crippen molar-refractivity contribution in [3.05, 3.63) is 34.2 Å². The van der Waals surface area contributed by atoms with E-state index >= 15 is 0 Å². The van der Waals surface area contributed by atoms with E-state index in [1.54, 1.807) is 11.3 Å². The normalized spacial score (nSPS) is 13.6. The summed E-state index contributed by atoms with van der Waals surface area (Å²) in [5.41, 5.74) is 2.32. The molecule has 1 N–H and O–H groups in total. The molecule has 0 radical (unpaired) electrons. The number of nitrogens with zero attached hydrogens (tertiary/aromatic N) is 1. The highest BCUT2D eigenvalue weighted by Gasteiger charge is 2.22. The summed E-state index contributed by atoms with van der Waals surface area (Å²) < 4.78 is 5.76. The van der Waals surface area contributed by atoms with E-state index in [0.29, 0.717) is 6.61 Å². The van der Waals surface area contributed by atoms with Gasteiger partial charge in [-0.15, -0.1) is 11.3 Å². The van der Waals surface area contributed by atoms with Crippen LogP contribution in [0.3, 0.4) is 0 Å². The Balaban J connectivity index is 1.88. The number of para-hydroxylation sites is 1. The summed E-state index contributed by atoms with van der Waals surface area (Å²) in [5.74, 6) is 0.940. The van der Waals surface area contributed by atoms with Crippen LogP contribution in [-0.4, -0.2) is 10.5 Å². The topological polar surface area (TPSA) is 34.2 Å². The van der Waals surface area contributed by atoms with E-state index < -0.39 is 0 Å². The SMILES string of the molecule is CC(C)(C)NCc1nc2c(s1)COc1ccccc1-2. The molecule has 100 valence electrons. The van der Waals surface area contributed by atoms with E-state index in [1.807, 2.05) is 18.2 Å². The van der Waals surface area contributed by atoms with E-state index in [9.17, 15) is 0 Å². The van der Waals surface area contributed by atoms with E-state index in [4.69, 9.17) is 9.72 Å². The Kier molecular flexibility index (Phi) is 3.07. The number of hydrogen-bond acceptors (Lipinski definition) is 4. The molecule has 19 heavy (non-hydrogen) atoms. The summed E-state index contributed by atoms with van der Waals surface area (Å²) in [6.45, 7) is 7.94. The predicted octanol–water partition coefficient (Wildman–Crippen LogP) is 3.59. The quantitative estimate of drug-likeness (QED) is 0.908. The molecule has 0 amide bonds. The van der Waals surface area contributed by atoms with Crippen molar-refractivity contribution in [3.63, 3.8) is 0 Å². The maximum atomic E-state index is 5.76. The van der Waals surface area contributed by atoms with E-state index in [2.05, 4.69) is 32.2 Å². The molecule has 1 aromatic heterocycles. The zero-order chi connectivity index (χ0) is 13.5. The zero-order valence-corrected chi connectivity index (χ0v) is 12.3. The summed E-state index contributed by atoms with van der Waals surface area (Å²) in [4.78, 5) is 6.00. The van der Waals surface area contributed by atoms with Gasteiger partial charge in [0, 0.05) is 17.6 Å². The van der Waals surface area contributed by atoms with Gasteiger partial charge in [-0.1, -0.05) is 12.1 Å². The van der Waals surface area contributed by atoms with Crippen LogP contribution in [0.4, 0.5) is 0 Å². The third-order valence-corrected chi connectivity index (χ3v) is 4.04. The van der Waals surface area contributed by atoms with Crippen LogP contribution in [0.1, 0.15) is 30.7 Å². The van der Waals surface area contributed by atoms with Gasteiger partial charge in [0.05, 0.1) is 10.6 Å². The fraction of sp³-hybridized carbons (Fsp3) is 0.400. The number of benzene rings is 1. The van der Waals surface area contributed by atoms with Crippen LogP contribution in [0.25, 0.3) is 11.3 Å². The minimum absolute atomic E-state index is 0.112. The molecule has 0 aliphatic carbocycles. The van der Waals surface area contributed by atoms with Crippen LogP contribution in [0, 0.1) is 0 Å². The first-order valence-electron chi connectivity index (χ1n) is 6.49. The van der Waals surface area contributed by atoms with E-state index in [0.717, 1.165) is 28.6 Å². The van der Waals surface area contributed by atoms with Gasteiger partial charge in [0.25, 0.3) is 0 Å². The van der Waals surface area contributed by atoms with Gasteiger partial charge in [-0.3, -0.25) is 0 Å². The molecule has 2 heterocycles. The Hall–Kier alpha value is -1.39. The number of nitrogens with one attached hydrogen (secondary N) is 1. The van der Waals surface area contributed by atoms with Gasteiger partial charge in [0.15, 0.2) is 0 Å². The first-order chi connectivity index (χ1) is 9.03. The monoisotopic (exact) mass is 274 g/mol. The van der Waals surface area contributed by atoms with Crippen molar-refractivity contribution >= 4 is 11.3 Å². The highest BCUT2D eigenvalue weighted by atomic mass is 32.1. The van der Waals surface area contributed by atoms with Crippen LogP contribution in [0.2, 0.25) is 0 Å². The summed E-state index contributed by atoms with van der Waals surface area (Å²) in [6.07, 6.45) is 0. The predicted molar refractivity (Wildman–Crippen MR) is 78.5 cm³/mol. The number of ether oxygens (including phenoxy) is 1. The molecule has 3 nitrogen and oxygen atoms in total. The zero-order valence-electron chi connectivity index (χ0n) is 11.5. The Bertz CT molecular complexity index is 598. The summed E-state index contributed by atoms with van der Waals surface area (Å²) in [7, 11) is 0. The molecule has 1 aliphatic rings. The van der Waals surface area contributed by atoms with Crippen molar-refractivity contribution in [1.82, 2.24) is 10.3 Å². The number of thiazole rings is 1. The van der Waals surface area contributed by atoms with Crippen molar-refractivity contribution in [2.24, 2.45) is 0 Å². The van der Waals surface area contributed by atoms with Gasteiger partial charge in [-0.2, -0.15) is 0 Å². The number of fused-ring (bicyclic) bond motifs is 3. The third-order valence-electron chi connectivity index (χ3n) is 3.01. The average molecular weight is 274 g/mol. The Labute approximate surface area is 117 Å². The molecule has 3 rings (SSSR count). The largest absolute Gasteiger partial charge is 0.487 e. The van der Waals surface area contributed by atoms with Crippen molar-refractivity contribution < 1.29 is 4.74 Å². The molecule has 0 fully saturated rings. The van der Waals surface area contributed by atoms with Gasteiger partial charge < -0.3 is 10.1 Å². The van der Waals surface area contributed by atoms with Crippen molar-refractivity contribution in [2.45, 2.75) is 39.5 Å². The molecule has 0 spiro atoms. The molecule has 4 heteroatoms. The molecule has 0 unspecified atom stereocenters. The van der Waals surface area contributed by atoms with Crippen molar-refractivity contribution in [2.75, 3.05) is 0 Å². The van der Waals surface area contributed by atoms with Crippen LogP contribution < -0.4 is 10.1 Å². The fourth-order valence-corrected chi connectivity index (χ4v) is 2.99. The second kappa shape index (κ2) is 4.62. The second-order valence-corrected chi connectivity index (χ2v) is 6.94. The number of aromatic nitrogens is 1. The first-order valence-corrected chi connectivity index (χ1v) is 7.30. The molecule has 0 saturated carbocycles. The standard InChI is InChI=1S/C15H18N2OS/c1-15(2,3)16-8-13-17-14-10-6-4-5-7-11(10)18-9-12(14)19-13/h4-7,16H,8-9H2,1-3H3. The first kappa shape index (κ1) is 12.6. The van der Waals surface area contributed by atoms with Gasteiger partial charge >= 0.3 is 0 Å². The van der Waals surface area contributed by atoms with Crippen LogP contribution >= 0.6 is 11.3 Å². The maximum Gasteiger partial charge on any atom is 0.129 e. The molecule has 1 aliphatic heterocycles. The highest BCUT2D eigenvalue weighted by Crippen LogP contribution is 2.39. The molecule has 0 bridgehead atoms. The van der Waals surface area contributed by atoms with Crippen molar-refractivity contribution in [3.8, 4) is 17.0 Å². The lowest BCUT2D eigenvalue weighted by molar-refractivity contribution is 0.305. The van der Waals surface area contributed by atoms with Crippen LogP contribution in [0.15, 0.2) is 24.3 Å². The minimum atomic E-state index is 0.112. The third kappa shape index (κ3) is 2.65. The number of rotatable bonds is 2. The highest BCUT2D eigenvalue weighted by molar-refractivity contribution is 7.12. The molecule has 0 atom stereocenters. The Morgan fingerprint density at radius 3 is 2.89 bits per heavy atom. The smallest absolute Gasteiger partial charge is 0.129 e. The second-order valence-electron chi connectivity index (χ2n) is 5.77. The lowest BCUT2D eigenvalue weighted by Gasteiger charge is -2.19. The van der Waals surface area contributed by atoms with Gasteiger partial charge in [0.1, 0.15) is 17.4 Å². The van der Waals surface area contributed by atoms with Gasteiger partial charge in [-0.05, 0) is 32.9 Å². The lowest BCUT2D eigenvalue weighted by atomic mass is 10.1. The molecule has 1 aromatic carbocycles. The Morgan fingerprint density at radius 1 is 1.32 bits per heavy atom. The van der Waals surface area contributed by atoms with Crippen LogP contribution in [-0.2, 0) is 13.2 Å². The summed E-state index contributed by atoms with van der Waals surface area (Å²) >= 11 is 1.74. The molecular formula is C15H18N2OS. The maximum absolute atomic E-state index is 5.76. The molecule has 2 aromatic rings. The van der Waals surface area contributed by atoms with Crippen molar-refractivity contribution in [1.29, 1.82) is 0 Å². The summed E-state index contributed by atoms with van der Waals surface area (Å²) in [5, 5.41) is 4.60. The summed E-state index contributed by atoms with van der Waals surface area (Å²) in [6, 6.07) is 8.11. The fourth-order valence-electron chi connectivity index (χ4n) is 2.06. The van der Waals surface area contributed by atoms with E-state index in [1.165, 1.54) is 4.88 Å². The minimum Gasteiger partial charge on any atom is -0.487 e. The average Bonchev–Trinajstić information content (AvgIpc) is 2.79. The van der Waals surface area contributed by atoms with E-state index in [-0.39, 0.29) is 5.54 Å². The van der Waals surface area contributed by atoms with Gasteiger partial charge in [0.2, 0.25) is 0 Å². The lowest BCUT2D eigenvalue weighted by Crippen LogP contribution is -2.34. The number of hydrogen-bond donors (Lipinski definition) is 1. The van der Waals surface area contributed by atoms with Crippen LogP contribution in [0.5, 0.6) is 5.75 Å². The molecule has 0 saturated heterocycles. The molecular weight excluding hydrogens is 256 g/mol.